The van der Waals surface area contributed by atoms with E-state index in [-0.39, 0.29) is 0 Å². The van der Waals surface area contributed by atoms with Crippen molar-refractivity contribution in [3.63, 3.8) is 0 Å². The molecular weight excluding hydrogens is 372 g/mol. The molecule has 0 atom stereocenters. The van der Waals surface area contributed by atoms with Crippen LogP contribution in [-0.2, 0) is 0 Å². The number of rotatable bonds is 19. The van der Waals surface area contributed by atoms with Gasteiger partial charge in [-0.25, -0.2) is 0 Å². The predicted octanol–water partition coefficient (Wildman–Crippen LogP) is 7.69. The highest BCUT2D eigenvalue weighted by Crippen LogP contribution is 2.28. The molecular formula is C24H54N2Si2. The first kappa shape index (κ1) is 28.1. The minimum atomic E-state index is -1.62. The molecule has 0 aromatic heterocycles. The lowest BCUT2D eigenvalue weighted by atomic mass is 10.3. The summed E-state index contributed by atoms with van der Waals surface area (Å²) >= 11 is 0. The molecule has 2 nitrogen and oxygen atoms in total. The Morgan fingerprint density at radius 2 is 0.964 bits per heavy atom. The molecule has 0 amide bonds. The summed E-state index contributed by atoms with van der Waals surface area (Å²) in [6.45, 7) is 26.5. The van der Waals surface area contributed by atoms with Crippen LogP contribution in [-0.4, -0.2) is 51.8 Å². The largest absolute Gasteiger partial charge is 0.312 e. The lowest BCUT2D eigenvalue weighted by Gasteiger charge is -2.48. The molecule has 28 heavy (non-hydrogen) atoms. The van der Waals surface area contributed by atoms with E-state index >= 15 is 0 Å². The zero-order valence-electron chi connectivity index (χ0n) is 20.8. The van der Waals surface area contributed by atoms with Gasteiger partial charge >= 0.3 is 0 Å². The molecule has 0 saturated carbocycles. The fourth-order valence-electron chi connectivity index (χ4n) is 4.08. The second kappa shape index (κ2) is 15.9. The van der Waals surface area contributed by atoms with E-state index in [0.29, 0.717) is 0 Å². The fourth-order valence-corrected chi connectivity index (χ4v) is 10.2. The highest BCUT2D eigenvalue weighted by Gasteiger charge is 2.40. The normalized spacial score (nSPS) is 12.9. The minimum Gasteiger partial charge on any atom is -0.312 e. The molecule has 168 valence electrons. The lowest BCUT2D eigenvalue weighted by Crippen LogP contribution is -2.64. The van der Waals surface area contributed by atoms with Crippen LogP contribution in [0.25, 0.3) is 0 Å². The molecule has 0 spiro atoms. The van der Waals surface area contributed by atoms with E-state index in [9.17, 15) is 0 Å². The van der Waals surface area contributed by atoms with Crippen LogP contribution in [0.15, 0.2) is 12.3 Å². The average Bonchev–Trinajstić information content (AvgIpc) is 2.67. The summed E-state index contributed by atoms with van der Waals surface area (Å²) in [7, 11) is -2.81. The maximum absolute atomic E-state index is 4.13. The average molecular weight is 427 g/mol. The molecule has 0 aliphatic carbocycles. The van der Waals surface area contributed by atoms with Crippen LogP contribution in [0, 0.1) is 0 Å². The van der Waals surface area contributed by atoms with E-state index in [1.54, 1.807) is 0 Å². The van der Waals surface area contributed by atoms with Gasteiger partial charge in [0.1, 0.15) is 0 Å². The molecule has 4 heteroatoms. The van der Waals surface area contributed by atoms with Crippen molar-refractivity contribution >= 4 is 16.5 Å². The topological polar surface area (TPSA) is 6.48 Å². The SMILES string of the molecule is C=C[Si](C)(C)CCC[Si](C)(N(CCCC)CCCC)N(CCCC)CCCC. The summed E-state index contributed by atoms with van der Waals surface area (Å²) < 4.78 is 6.02. The van der Waals surface area contributed by atoms with Gasteiger partial charge in [0.15, 0.2) is 0 Å². The highest BCUT2D eigenvalue weighted by molar-refractivity contribution is 6.82. The molecule has 0 heterocycles. The summed E-state index contributed by atoms with van der Waals surface area (Å²) in [4.78, 5) is 0. The zero-order chi connectivity index (χ0) is 21.5. The van der Waals surface area contributed by atoms with Gasteiger partial charge in [0.05, 0.1) is 8.07 Å². The molecule has 0 radical (unpaired) electrons. The van der Waals surface area contributed by atoms with Gasteiger partial charge in [-0.3, -0.25) is 0 Å². The number of hydrogen-bond acceptors (Lipinski definition) is 2. The van der Waals surface area contributed by atoms with E-state index in [1.807, 2.05) is 0 Å². The Labute approximate surface area is 181 Å². The van der Waals surface area contributed by atoms with Crippen LogP contribution in [0.4, 0.5) is 0 Å². The van der Waals surface area contributed by atoms with Crippen LogP contribution in [0.3, 0.4) is 0 Å². The Morgan fingerprint density at radius 1 is 0.607 bits per heavy atom. The van der Waals surface area contributed by atoms with Crippen molar-refractivity contribution < 1.29 is 0 Å². The summed E-state index contributed by atoms with van der Waals surface area (Å²) in [5.41, 5.74) is 2.30. The van der Waals surface area contributed by atoms with Crippen molar-refractivity contribution in [2.24, 2.45) is 0 Å². The molecule has 0 bridgehead atoms. The van der Waals surface area contributed by atoms with E-state index in [0.717, 1.165) is 0 Å². The second-order valence-electron chi connectivity index (χ2n) is 9.65. The van der Waals surface area contributed by atoms with Crippen molar-refractivity contribution in [3.8, 4) is 0 Å². The molecule has 0 unspecified atom stereocenters. The molecule has 0 aliphatic rings. The van der Waals surface area contributed by atoms with Gasteiger partial charge in [0, 0.05) is 0 Å². The van der Waals surface area contributed by atoms with Gasteiger partial charge in [0.2, 0.25) is 8.40 Å². The third-order valence-electron chi connectivity index (χ3n) is 6.51. The van der Waals surface area contributed by atoms with E-state index in [1.165, 1.54) is 96.1 Å². The summed E-state index contributed by atoms with van der Waals surface area (Å²) in [5, 5.41) is 0. The third kappa shape index (κ3) is 10.8. The first-order valence-electron chi connectivity index (χ1n) is 12.4. The Balaban J connectivity index is 5.57. The van der Waals surface area contributed by atoms with Gasteiger partial charge in [-0.2, -0.15) is 0 Å². The summed E-state index contributed by atoms with van der Waals surface area (Å²) in [5.74, 6) is 0. The Morgan fingerprint density at radius 3 is 1.25 bits per heavy atom. The molecule has 0 N–H and O–H groups in total. The van der Waals surface area contributed by atoms with Gasteiger partial charge in [-0.05, 0) is 64.5 Å². The summed E-state index contributed by atoms with van der Waals surface area (Å²) in [6.07, 6.45) is 12.1. The van der Waals surface area contributed by atoms with E-state index in [4.69, 9.17) is 0 Å². The highest BCUT2D eigenvalue weighted by atomic mass is 28.3. The second-order valence-corrected chi connectivity index (χ2v) is 18.7. The van der Waals surface area contributed by atoms with Crippen molar-refractivity contribution in [2.75, 3.05) is 26.2 Å². The fraction of sp³-hybridized carbons (Fsp3) is 0.917. The van der Waals surface area contributed by atoms with Crippen LogP contribution < -0.4 is 0 Å². The Hall–Kier alpha value is 0.0938. The van der Waals surface area contributed by atoms with Crippen molar-refractivity contribution in [3.05, 3.63) is 12.3 Å². The number of unbranched alkanes of at least 4 members (excludes halogenated alkanes) is 4. The predicted molar refractivity (Wildman–Crippen MR) is 136 cm³/mol. The molecule has 0 aliphatic heterocycles. The lowest BCUT2D eigenvalue weighted by molar-refractivity contribution is 0.304. The quantitative estimate of drug-likeness (QED) is 0.195. The number of nitrogens with zero attached hydrogens (tertiary/aromatic N) is 2. The molecule has 0 aromatic rings. The smallest absolute Gasteiger partial charge is 0.203 e. The molecule has 0 saturated heterocycles. The minimum absolute atomic E-state index is 1.20. The molecule has 0 fully saturated rings. The third-order valence-corrected chi connectivity index (χ3v) is 14.2. The zero-order valence-corrected chi connectivity index (χ0v) is 22.8. The Kier molecular flexibility index (Phi) is 15.9. The first-order chi connectivity index (χ1) is 13.3. The summed E-state index contributed by atoms with van der Waals surface area (Å²) in [6, 6.07) is 2.85. The van der Waals surface area contributed by atoms with Crippen molar-refractivity contribution in [2.45, 2.75) is 117 Å². The standard InChI is InChI=1S/C24H54N2Si2/c1-9-14-19-25(20-15-10-2)28(8,24-18-23-27(6,7)13-5)26(21-16-11-3)22-17-12-4/h13H,5,9-12,14-24H2,1-4,6-8H3. The van der Waals surface area contributed by atoms with Crippen molar-refractivity contribution in [1.82, 2.24) is 9.13 Å². The van der Waals surface area contributed by atoms with Gasteiger partial charge in [-0.15, -0.1) is 12.3 Å². The van der Waals surface area contributed by atoms with Crippen LogP contribution in [0.5, 0.6) is 0 Å². The van der Waals surface area contributed by atoms with Crippen LogP contribution in [0.1, 0.15) is 85.5 Å². The van der Waals surface area contributed by atoms with Crippen molar-refractivity contribution in [1.29, 1.82) is 0 Å². The van der Waals surface area contributed by atoms with Gasteiger partial charge in [0.25, 0.3) is 0 Å². The molecule has 0 aromatic carbocycles. The van der Waals surface area contributed by atoms with Gasteiger partial charge < -0.3 is 9.13 Å². The number of hydrogen-bond donors (Lipinski definition) is 0. The van der Waals surface area contributed by atoms with E-state index in [2.05, 4.69) is 68.7 Å². The first-order valence-corrected chi connectivity index (χ1v) is 18.3. The van der Waals surface area contributed by atoms with E-state index < -0.39 is 16.5 Å². The molecule has 0 rings (SSSR count). The monoisotopic (exact) mass is 426 g/mol. The van der Waals surface area contributed by atoms with Gasteiger partial charge in [-0.1, -0.05) is 78.9 Å². The van der Waals surface area contributed by atoms with Crippen LogP contribution >= 0.6 is 0 Å². The Bertz CT molecular complexity index is 349. The maximum atomic E-state index is 4.13. The maximum Gasteiger partial charge on any atom is 0.203 e. The van der Waals surface area contributed by atoms with Crippen LogP contribution in [0.2, 0.25) is 31.7 Å².